The third-order valence-electron chi connectivity index (χ3n) is 3.72. The first kappa shape index (κ1) is 16.2. The van der Waals surface area contributed by atoms with E-state index in [-0.39, 0.29) is 6.04 Å². The number of rotatable bonds is 5. The number of thiocarbonyl (C=S) groups is 1. The minimum atomic E-state index is -0.0172. The largest absolute Gasteiger partial charge is 0.354 e. The van der Waals surface area contributed by atoms with Gasteiger partial charge in [0.15, 0.2) is 5.11 Å². The van der Waals surface area contributed by atoms with Crippen LogP contribution >= 0.6 is 12.2 Å². The van der Waals surface area contributed by atoms with Crippen molar-refractivity contribution in [3.8, 4) is 11.1 Å². The van der Waals surface area contributed by atoms with E-state index in [0.29, 0.717) is 11.7 Å². The summed E-state index contributed by atoms with van der Waals surface area (Å²) in [6.07, 6.45) is 3.65. The molecule has 0 aliphatic rings. The number of nitrogens with one attached hydrogen (secondary N) is 3. The molecule has 3 rings (SSSR count). The lowest BCUT2D eigenvalue weighted by Crippen LogP contribution is -2.36. The van der Waals surface area contributed by atoms with Crippen LogP contribution in [0.1, 0.15) is 11.6 Å². The van der Waals surface area contributed by atoms with E-state index in [2.05, 4.69) is 20.8 Å². The van der Waals surface area contributed by atoms with E-state index in [1.54, 1.807) is 6.20 Å². The molecule has 1 aromatic heterocycles. The average molecular weight is 337 g/mol. The van der Waals surface area contributed by atoms with Crippen LogP contribution in [0.25, 0.3) is 11.1 Å². The number of H-pyrrole nitrogens is 1. The van der Waals surface area contributed by atoms with E-state index in [4.69, 9.17) is 18.0 Å². The Morgan fingerprint density at radius 1 is 1.08 bits per heavy atom. The molecular formula is C18H19N5S. The predicted molar refractivity (Wildman–Crippen MR) is 102 cm³/mol. The molecule has 5 nitrogen and oxygen atoms in total. The van der Waals surface area contributed by atoms with E-state index in [1.165, 1.54) is 0 Å². The van der Waals surface area contributed by atoms with Crippen molar-refractivity contribution in [3.05, 3.63) is 72.6 Å². The van der Waals surface area contributed by atoms with Crippen molar-refractivity contribution in [3.63, 3.8) is 0 Å². The number of nitrogens with zero attached hydrogens (tertiary/aromatic N) is 1. The highest BCUT2D eigenvalue weighted by Gasteiger charge is 2.10. The van der Waals surface area contributed by atoms with Gasteiger partial charge in [-0.15, -0.1) is 0 Å². The fourth-order valence-corrected chi connectivity index (χ4v) is 2.70. The molecule has 0 bridgehead atoms. The van der Waals surface area contributed by atoms with Gasteiger partial charge < -0.3 is 16.4 Å². The van der Waals surface area contributed by atoms with Crippen LogP contribution < -0.4 is 16.4 Å². The predicted octanol–water partition coefficient (Wildman–Crippen LogP) is 3.06. The second-order valence-electron chi connectivity index (χ2n) is 5.36. The highest BCUT2D eigenvalue weighted by Crippen LogP contribution is 2.20. The molecule has 122 valence electrons. The Bertz CT molecular complexity index is 769. The van der Waals surface area contributed by atoms with Crippen molar-refractivity contribution in [2.24, 2.45) is 5.73 Å². The molecule has 6 heteroatoms. The van der Waals surface area contributed by atoms with Crippen molar-refractivity contribution < 1.29 is 0 Å². The van der Waals surface area contributed by atoms with Gasteiger partial charge in [-0.25, -0.2) is 0 Å². The number of hydrogen-bond donors (Lipinski definition) is 4. The summed E-state index contributed by atoms with van der Waals surface area (Å²) in [7, 11) is 0. The van der Waals surface area contributed by atoms with Crippen LogP contribution in [-0.2, 0) is 0 Å². The third-order valence-corrected chi connectivity index (χ3v) is 3.94. The summed E-state index contributed by atoms with van der Waals surface area (Å²) in [5.74, 6) is 0. The fourth-order valence-electron chi connectivity index (χ4n) is 2.44. The molecule has 5 N–H and O–H groups in total. The van der Waals surface area contributed by atoms with E-state index in [9.17, 15) is 0 Å². The Kier molecular flexibility index (Phi) is 5.20. The summed E-state index contributed by atoms with van der Waals surface area (Å²) in [4.78, 5) is 0. The van der Waals surface area contributed by atoms with Gasteiger partial charge in [0.25, 0.3) is 0 Å². The van der Waals surface area contributed by atoms with Gasteiger partial charge in [-0.2, -0.15) is 5.10 Å². The topological polar surface area (TPSA) is 78.8 Å². The number of nitrogens with two attached hydrogens (primary N) is 1. The molecule has 0 amide bonds. The zero-order chi connectivity index (χ0) is 16.8. The molecular weight excluding hydrogens is 318 g/mol. The van der Waals surface area contributed by atoms with E-state index >= 15 is 0 Å². The van der Waals surface area contributed by atoms with Gasteiger partial charge in [-0.1, -0.05) is 42.5 Å². The Hall–Kier alpha value is -2.70. The van der Waals surface area contributed by atoms with Gasteiger partial charge in [-0.05, 0) is 35.5 Å². The van der Waals surface area contributed by atoms with E-state index in [1.807, 2.05) is 60.8 Å². The monoisotopic (exact) mass is 337 g/mol. The van der Waals surface area contributed by atoms with Gasteiger partial charge >= 0.3 is 0 Å². The molecule has 24 heavy (non-hydrogen) atoms. The molecule has 2 aromatic carbocycles. The maximum absolute atomic E-state index is 5.86. The molecule has 0 saturated heterocycles. The van der Waals surface area contributed by atoms with Gasteiger partial charge in [0, 0.05) is 24.0 Å². The van der Waals surface area contributed by atoms with Crippen molar-refractivity contribution in [1.29, 1.82) is 0 Å². The Balaban J connectivity index is 1.62. The third kappa shape index (κ3) is 3.98. The summed E-state index contributed by atoms with van der Waals surface area (Å²) < 4.78 is 0. The lowest BCUT2D eigenvalue weighted by atomic mass is 10.1. The van der Waals surface area contributed by atoms with Crippen LogP contribution in [0.5, 0.6) is 0 Å². The van der Waals surface area contributed by atoms with E-state index < -0.39 is 0 Å². The molecule has 0 fully saturated rings. The second kappa shape index (κ2) is 7.72. The van der Waals surface area contributed by atoms with Crippen molar-refractivity contribution in [1.82, 2.24) is 15.5 Å². The second-order valence-corrected chi connectivity index (χ2v) is 5.77. The number of anilines is 1. The van der Waals surface area contributed by atoms with Crippen LogP contribution in [-0.4, -0.2) is 21.9 Å². The fraction of sp³-hybridized carbons (Fsp3) is 0.111. The van der Waals surface area contributed by atoms with Crippen molar-refractivity contribution in [2.75, 3.05) is 11.9 Å². The standard InChI is InChI=1S/C18H19N5S/c19-10-17(14-4-2-1-3-5-14)23-18(24)22-16-8-6-13(7-9-16)15-11-20-21-12-15/h1-9,11-12,17H,10,19H2,(H,20,21)(H2,22,23,24). The SMILES string of the molecule is NCC(NC(=S)Nc1ccc(-c2cn[nH]c2)cc1)c1ccccc1. The molecule has 1 unspecified atom stereocenters. The van der Waals surface area contributed by atoms with Gasteiger partial charge in [0.05, 0.1) is 12.2 Å². The molecule has 0 saturated carbocycles. The first-order valence-electron chi connectivity index (χ1n) is 7.68. The van der Waals surface area contributed by atoms with Gasteiger partial charge in [0.2, 0.25) is 0 Å². The molecule has 0 spiro atoms. The Morgan fingerprint density at radius 3 is 2.46 bits per heavy atom. The first-order chi connectivity index (χ1) is 11.8. The Morgan fingerprint density at radius 2 is 1.83 bits per heavy atom. The highest BCUT2D eigenvalue weighted by molar-refractivity contribution is 7.80. The van der Waals surface area contributed by atoms with Crippen molar-refractivity contribution >= 4 is 23.0 Å². The smallest absolute Gasteiger partial charge is 0.171 e. The number of aromatic nitrogens is 2. The summed E-state index contributed by atoms with van der Waals surface area (Å²) in [6, 6.07) is 18.0. The number of aromatic amines is 1. The molecule has 1 atom stereocenters. The minimum Gasteiger partial charge on any atom is -0.354 e. The Labute approximate surface area is 146 Å². The van der Waals surface area contributed by atoms with E-state index in [0.717, 1.165) is 22.4 Å². The zero-order valence-corrected chi connectivity index (χ0v) is 13.9. The zero-order valence-electron chi connectivity index (χ0n) is 13.1. The summed E-state index contributed by atoms with van der Waals surface area (Å²) in [5, 5.41) is 13.8. The number of benzene rings is 2. The average Bonchev–Trinajstić information content (AvgIpc) is 3.16. The normalized spacial score (nSPS) is 11.7. The maximum atomic E-state index is 5.86. The van der Waals surface area contributed by atoms with Crippen LogP contribution in [0.2, 0.25) is 0 Å². The van der Waals surface area contributed by atoms with Crippen LogP contribution in [0, 0.1) is 0 Å². The lowest BCUT2D eigenvalue weighted by Gasteiger charge is -2.20. The maximum Gasteiger partial charge on any atom is 0.171 e. The summed E-state index contributed by atoms with van der Waals surface area (Å²) in [5.41, 5.74) is 10.0. The van der Waals surface area contributed by atoms with Crippen LogP contribution in [0.4, 0.5) is 5.69 Å². The summed E-state index contributed by atoms with van der Waals surface area (Å²) in [6.45, 7) is 0.464. The quantitative estimate of drug-likeness (QED) is 0.538. The minimum absolute atomic E-state index is 0.0172. The lowest BCUT2D eigenvalue weighted by molar-refractivity contribution is 0.662. The van der Waals surface area contributed by atoms with Crippen LogP contribution in [0.15, 0.2) is 67.0 Å². The summed E-state index contributed by atoms with van der Waals surface area (Å²) >= 11 is 5.40. The molecule has 0 radical (unpaired) electrons. The van der Waals surface area contributed by atoms with Crippen molar-refractivity contribution in [2.45, 2.75) is 6.04 Å². The molecule has 0 aliphatic heterocycles. The first-order valence-corrected chi connectivity index (χ1v) is 8.09. The van der Waals surface area contributed by atoms with Gasteiger partial charge in [-0.3, -0.25) is 5.10 Å². The molecule has 3 aromatic rings. The van der Waals surface area contributed by atoms with Crippen LogP contribution in [0.3, 0.4) is 0 Å². The highest BCUT2D eigenvalue weighted by atomic mass is 32.1. The number of hydrogen-bond acceptors (Lipinski definition) is 3. The molecule has 0 aliphatic carbocycles. The molecule has 1 heterocycles. The van der Waals surface area contributed by atoms with Gasteiger partial charge in [0.1, 0.15) is 0 Å².